The van der Waals surface area contributed by atoms with E-state index in [0.29, 0.717) is 0 Å². The quantitative estimate of drug-likeness (QED) is 0.237. The van der Waals surface area contributed by atoms with Crippen molar-refractivity contribution in [1.29, 1.82) is 0 Å². The van der Waals surface area contributed by atoms with Crippen molar-refractivity contribution in [3.63, 3.8) is 0 Å². The van der Waals surface area contributed by atoms with Crippen LogP contribution >= 0.6 is 0 Å². The maximum absolute atomic E-state index is 9.90. The Balaban J connectivity index is 0. The van der Waals surface area contributed by atoms with Crippen LogP contribution in [0.3, 0.4) is 0 Å². The number of aliphatic hydroxyl groups excluding tert-OH is 5. The number of hydrogen-bond donors (Lipinski definition) is 5. The zero-order valence-electron chi connectivity index (χ0n) is 6.24. The third-order valence-corrected chi connectivity index (χ3v) is 1.42. The summed E-state index contributed by atoms with van der Waals surface area (Å²) in [4.78, 5) is 9.90. The normalized spacial score (nSPS) is 19.5. The van der Waals surface area contributed by atoms with Gasteiger partial charge in [0.2, 0.25) is 0 Å². The van der Waals surface area contributed by atoms with Crippen LogP contribution in [0.15, 0.2) is 0 Å². The van der Waals surface area contributed by atoms with E-state index in [1.807, 2.05) is 0 Å². The Morgan fingerprint density at radius 1 is 1.08 bits per heavy atom. The number of aliphatic hydroxyl groups is 5. The minimum atomic E-state index is -1.79. The fraction of sp³-hybridized carbons (Fsp3) is 0.833. The van der Waals surface area contributed by atoms with Crippen LogP contribution in [0, 0.1) is 0 Å². The van der Waals surface area contributed by atoms with Gasteiger partial charge >= 0.3 is 37.7 Å². The molecular formula is C6H14CaO6. The Kier molecular flexibility index (Phi) is 10.0. The molecule has 0 bridgehead atoms. The second-order valence-corrected chi connectivity index (χ2v) is 2.36. The monoisotopic (exact) mass is 222 g/mol. The molecule has 0 aromatic rings. The first-order valence-electron chi connectivity index (χ1n) is 3.33. The van der Waals surface area contributed by atoms with E-state index in [2.05, 4.69) is 0 Å². The van der Waals surface area contributed by atoms with Gasteiger partial charge in [0.05, 0.1) is 6.61 Å². The van der Waals surface area contributed by atoms with Gasteiger partial charge in [0.25, 0.3) is 0 Å². The van der Waals surface area contributed by atoms with Gasteiger partial charge in [-0.05, 0) is 0 Å². The van der Waals surface area contributed by atoms with Gasteiger partial charge in [-0.25, -0.2) is 0 Å². The molecule has 0 fully saturated rings. The van der Waals surface area contributed by atoms with E-state index < -0.39 is 31.0 Å². The van der Waals surface area contributed by atoms with Crippen LogP contribution in [-0.2, 0) is 4.79 Å². The topological polar surface area (TPSA) is 118 Å². The Bertz CT molecular complexity index is 143. The maximum atomic E-state index is 9.90. The van der Waals surface area contributed by atoms with Crippen molar-refractivity contribution < 1.29 is 30.3 Å². The molecule has 0 saturated carbocycles. The summed E-state index contributed by atoms with van der Waals surface area (Å²) in [5, 5.41) is 43.5. The van der Waals surface area contributed by atoms with Gasteiger partial charge in [-0.1, -0.05) is 0 Å². The molecule has 0 aliphatic heterocycles. The zero-order chi connectivity index (χ0) is 9.72. The number of carbonyl (C=O) groups excluding carboxylic acids is 1. The standard InChI is InChI=1S/C6H12O6.Ca.2H/c7-1-3(9)5(11)6(12)4(10)2-8;;;/h1,3-6,8-12H,2H2;;;/t3-,4+,5+,6+;;;/m0.../s1. The fourth-order valence-corrected chi connectivity index (χ4v) is 0.618. The van der Waals surface area contributed by atoms with Gasteiger partial charge in [-0.15, -0.1) is 0 Å². The molecule has 13 heavy (non-hydrogen) atoms. The van der Waals surface area contributed by atoms with E-state index in [0.717, 1.165) is 0 Å². The number of aldehydes is 1. The molecule has 0 amide bonds. The van der Waals surface area contributed by atoms with E-state index in [9.17, 15) is 4.79 Å². The van der Waals surface area contributed by atoms with Crippen molar-refractivity contribution >= 4 is 44.0 Å². The molecule has 0 aliphatic rings. The third kappa shape index (κ3) is 5.24. The second-order valence-electron chi connectivity index (χ2n) is 2.36. The van der Waals surface area contributed by atoms with E-state index in [4.69, 9.17) is 25.5 Å². The predicted octanol–water partition coefficient (Wildman–Crippen LogP) is -4.29. The van der Waals surface area contributed by atoms with Crippen LogP contribution in [0.25, 0.3) is 0 Å². The van der Waals surface area contributed by atoms with Crippen molar-refractivity contribution in [2.45, 2.75) is 24.4 Å². The molecule has 0 unspecified atom stereocenters. The SMILES string of the molecule is O=C[C@H](O)[C@@H](O)[C@H](O)[C@H](O)CO.[CaH2]. The van der Waals surface area contributed by atoms with Crippen molar-refractivity contribution in [1.82, 2.24) is 0 Å². The van der Waals surface area contributed by atoms with E-state index in [1.165, 1.54) is 0 Å². The molecule has 7 heteroatoms. The first-order valence-corrected chi connectivity index (χ1v) is 3.33. The summed E-state index contributed by atoms with van der Waals surface area (Å²) in [6.07, 6.45) is -6.84. The van der Waals surface area contributed by atoms with Gasteiger partial charge in [0.1, 0.15) is 24.4 Å². The average molecular weight is 222 g/mol. The molecule has 5 N–H and O–H groups in total. The zero-order valence-corrected chi connectivity index (χ0v) is 6.24. The summed E-state index contributed by atoms with van der Waals surface area (Å²) >= 11 is 0. The molecule has 76 valence electrons. The molecule has 0 radical (unpaired) electrons. The van der Waals surface area contributed by atoms with Crippen molar-refractivity contribution in [3.05, 3.63) is 0 Å². The van der Waals surface area contributed by atoms with Gasteiger partial charge in [-0.3, -0.25) is 0 Å². The first-order chi connectivity index (χ1) is 5.54. The molecule has 0 aliphatic carbocycles. The molecule has 4 atom stereocenters. The van der Waals surface area contributed by atoms with Gasteiger partial charge in [-0.2, -0.15) is 0 Å². The van der Waals surface area contributed by atoms with Crippen LogP contribution in [0.4, 0.5) is 0 Å². The van der Waals surface area contributed by atoms with Crippen LogP contribution in [-0.4, -0.2) is 101 Å². The summed E-state index contributed by atoms with van der Waals surface area (Å²) < 4.78 is 0. The third-order valence-electron chi connectivity index (χ3n) is 1.42. The van der Waals surface area contributed by atoms with Crippen LogP contribution in [0.5, 0.6) is 0 Å². The molecule has 0 aromatic heterocycles. The minimum absolute atomic E-state index is 0. The van der Waals surface area contributed by atoms with Gasteiger partial charge in [0, 0.05) is 0 Å². The number of hydrogen-bond acceptors (Lipinski definition) is 6. The Labute approximate surface area is 105 Å². The molecular weight excluding hydrogens is 208 g/mol. The van der Waals surface area contributed by atoms with E-state index in [1.54, 1.807) is 0 Å². The Morgan fingerprint density at radius 2 is 1.54 bits per heavy atom. The average Bonchev–Trinajstić information content (AvgIpc) is 2.12. The summed E-state index contributed by atoms with van der Waals surface area (Å²) in [6, 6.07) is 0. The van der Waals surface area contributed by atoms with Gasteiger partial charge in [0.15, 0.2) is 6.29 Å². The van der Waals surface area contributed by atoms with Crippen LogP contribution in [0.2, 0.25) is 0 Å². The predicted molar refractivity (Wildman–Crippen MR) is 45.7 cm³/mol. The van der Waals surface area contributed by atoms with Crippen molar-refractivity contribution in [3.8, 4) is 0 Å². The number of carbonyl (C=O) groups is 1. The summed E-state index contributed by atoms with van der Waals surface area (Å²) in [6.45, 7) is -0.760. The van der Waals surface area contributed by atoms with E-state index in [-0.39, 0.29) is 44.0 Å². The molecule has 0 saturated heterocycles. The summed E-state index contributed by atoms with van der Waals surface area (Å²) in [7, 11) is 0. The summed E-state index contributed by atoms with van der Waals surface area (Å²) in [5.74, 6) is 0. The molecule has 0 rings (SSSR count). The Hall–Kier alpha value is 0.730. The Morgan fingerprint density at radius 3 is 1.85 bits per heavy atom. The summed E-state index contributed by atoms with van der Waals surface area (Å²) in [5.41, 5.74) is 0. The molecule has 0 aromatic carbocycles. The van der Waals surface area contributed by atoms with Crippen molar-refractivity contribution in [2.24, 2.45) is 0 Å². The molecule has 0 spiro atoms. The fourth-order valence-electron chi connectivity index (χ4n) is 0.618. The molecule has 0 heterocycles. The second kappa shape index (κ2) is 8.07. The van der Waals surface area contributed by atoms with Crippen LogP contribution < -0.4 is 0 Å². The first kappa shape index (κ1) is 16.2. The number of rotatable bonds is 5. The van der Waals surface area contributed by atoms with Gasteiger partial charge < -0.3 is 30.3 Å². The van der Waals surface area contributed by atoms with Crippen LogP contribution in [0.1, 0.15) is 0 Å². The van der Waals surface area contributed by atoms with Crippen molar-refractivity contribution in [2.75, 3.05) is 6.61 Å². The van der Waals surface area contributed by atoms with E-state index >= 15 is 0 Å². The molecule has 6 nitrogen and oxygen atoms in total.